The van der Waals surface area contributed by atoms with Gasteiger partial charge in [-0.05, 0) is 13.3 Å². The Kier molecular flexibility index (Phi) is 2.19. The van der Waals surface area contributed by atoms with E-state index in [1.54, 1.807) is 0 Å². The molecule has 0 aromatic heterocycles. The van der Waals surface area contributed by atoms with Crippen molar-refractivity contribution in [3.05, 3.63) is 6.92 Å². The normalized spacial score (nSPS) is 15.0. The van der Waals surface area contributed by atoms with Crippen LogP contribution in [0.25, 0.3) is 0 Å². The van der Waals surface area contributed by atoms with Crippen molar-refractivity contribution in [1.29, 1.82) is 0 Å². The minimum absolute atomic E-state index is 0.366. The van der Waals surface area contributed by atoms with E-state index in [4.69, 9.17) is 5.11 Å². The molecule has 0 aliphatic heterocycles. The maximum atomic E-state index is 8.25. The van der Waals surface area contributed by atoms with E-state index in [2.05, 4.69) is 6.92 Å². The van der Waals surface area contributed by atoms with Crippen molar-refractivity contribution in [2.24, 2.45) is 0 Å². The third-order valence-electron chi connectivity index (χ3n) is 0.471. The summed E-state index contributed by atoms with van der Waals surface area (Å²) in [6, 6.07) is 0. The van der Waals surface area contributed by atoms with Gasteiger partial charge in [0, 0.05) is 0 Å². The summed E-state index contributed by atoms with van der Waals surface area (Å²) >= 11 is 0. The maximum absolute atomic E-state index is 8.25. The molecule has 1 nitrogen and oxygen atoms in total. The summed E-state index contributed by atoms with van der Waals surface area (Å²) in [5.74, 6) is 0. The highest BCUT2D eigenvalue weighted by atomic mass is 16.3. The van der Waals surface area contributed by atoms with E-state index in [-0.39, 0.29) is 6.10 Å². The molecule has 0 fully saturated rings. The van der Waals surface area contributed by atoms with Gasteiger partial charge in [0.25, 0.3) is 0 Å². The van der Waals surface area contributed by atoms with Crippen LogP contribution in [0.1, 0.15) is 13.3 Å². The van der Waals surface area contributed by atoms with Gasteiger partial charge in [0.1, 0.15) is 0 Å². The lowest BCUT2D eigenvalue weighted by atomic mass is 10.3. The Morgan fingerprint density at radius 3 is 2.20 bits per heavy atom. The first kappa shape index (κ1) is 4.96. The van der Waals surface area contributed by atoms with Gasteiger partial charge in [-0.15, -0.1) is 0 Å². The number of aliphatic hydroxyl groups excluding tert-OH is 1. The van der Waals surface area contributed by atoms with E-state index >= 15 is 0 Å². The Morgan fingerprint density at radius 1 is 2.00 bits per heavy atom. The van der Waals surface area contributed by atoms with Gasteiger partial charge < -0.3 is 5.11 Å². The minimum Gasteiger partial charge on any atom is -0.393 e. The van der Waals surface area contributed by atoms with Gasteiger partial charge in [0.05, 0.1) is 6.10 Å². The molecular formula is C4H9O. The maximum Gasteiger partial charge on any atom is 0.0538 e. The van der Waals surface area contributed by atoms with Crippen LogP contribution in [-0.4, -0.2) is 11.2 Å². The van der Waals surface area contributed by atoms with E-state index in [0.717, 1.165) is 6.42 Å². The first-order valence-electron chi connectivity index (χ1n) is 1.78. The summed E-state index contributed by atoms with van der Waals surface area (Å²) in [5, 5.41) is 8.25. The third-order valence-corrected chi connectivity index (χ3v) is 0.471. The van der Waals surface area contributed by atoms with Crippen molar-refractivity contribution in [2.45, 2.75) is 19.4 Å². The first-order chi connectivity index (χ1) is 2.27. The quantitative estimate of drug-likeness (QED) is 0.481. The van der Waals surface area contributed by atoms with Crippen LogP contribution in [0, 0.1) is 6.92 Å². The molecule has 1 atom stereocenters. The molecule has 1 radical (unpaired) electrons. The van der Waals surface area contributed by atoms with Gasteiger partial charge in [-0.2, -0.15) is 0 Å². The lowest BCUT2D eigenvalue weighted by Gasteiger charge is -1.90. The molecule has 5 heavy (non-hydrogen) atoms. The first-order valence-corrected chi connectivity index (χ1v) is 1.78. The Hall–Kier alpha value is -0.0400. The lowest BCUT2D eigenvalue weighted by Crippen LogP contribution is -1.93. The summed E-state index contributed by atoms with van der Waals surface area (Å²) < 4.78 is 0. The SMILES string of the molecule is [CH2]C(O)CC. The molecular weight excluding hydrogens is 64.0 g/mol. The lowest BCUT2D eigenvalue weighted by molar-refractivity contribution is 0.216. The standard InChI is InChI=1S/C4H9O/c1-3-4(2)5/h4-5H,2-3H2,1H3. The number of rotatable bonds is 1. The van der Waals surface area contributed by atoms with E-state index in [1.807, 2.05) is 6.92 Å². The zero-order valence-corrected chi connectivity index (χ0v) is 3.44. The zero-order chi connectivity index (χ0) is 4.28. The van der Waals surface area contributed by atoms with Crippen LogP contribution in [0.2, 0.25) is 0 Å². The fourth-order valence-corrected chi connectivity index (χ4v) is 0. The Morgan fingerprint density at radius 2 is 2.20 bits per heavy atom. The molecule has 0 rings (SSSR count). The summed E-state index contributed by atoms with van der Waals surface area (Å²) in [4.78, 5) is 0. The Labute approximate surface area is 32.6 Å². The van der Waals surface area contributed by atoms with E-state index in [9.17, 15) is 0 Å². The molecule has 0 saturated carbocycles. The van der Waals surface area contributed by atoms with Crippen LogP contribution in [0.3, 0.4) is 0 Å². The van der Waals surface area contributed by atoms with Crippen LogP contribution >= 0.6 is 0 Å². The fourth-order valence-electron chi connectivity index (χ4n) is 0. The van der Waals surface area contributed by atoms with Crippen LogP contribution in [-0.2, 0) is 0 Å². The van der Waals surface area contributed by atoms with Gasteiger partial charge in [-0.3, -0.25) is 0 Å². The van der Waals surface area contributed by atoms with E-state index in [1.165, 1.54) is 0 Å². The molecule has 0 spiro atoms. The Bertz CT molecular complexity index is 17.6. The van der Waals surface area contributed by atoms with Crippen molar-refractivity contribution in [2.75, 3.05) is 0 Å². The topological polar surface area (TPSA) is 20.2 Å². The third kappa shape index (κ3) is 3.96. The van der Waals surface area contributed by atoms with Crippen molar-refractivity contribution in [1.82, 2.24) is 0 Å². The van der Waals surface area contributed by atoms with Gasteiger partial charge in [0.2, 0.25) is 0 Å². The monoisotopic (exact) mass is 73.1 g/mol. The smallest absolute Gasteiger partial charge is 0.0538 e. The molecule has 0 bridgehead atoms. The summed E-state index contributed by atoms with van der Waals surface area (Å²) in [6.07, 6.45) is 0.384. The van der Waals surface area contributed by atoms with Crippen LogP contribution in [0.5, 0.6) is 0 Å². The number of hydrogen-bond acceptors (Lipinski definition) is 1. The van der Waals surface area contributed by atoms with Gasteiger partial charge >= 0.3 is 0 Å². The highest BCUT2D eigenvalue weighted by molar-refractivity contribution is 4.49. The van der Waals surface area contributed by atoms with Gasteiger partial charge in [-0.25, -0.2) is 0 Å². The molecule has 1 heteroatoms. The molecule has 0 amide bonds. The molecule has 0 aromatic rings. The molecule has 0 saturated heterocycles. The van der Waals surface area contributed by atoms with E-state index in [0.29, 0.717) is 0 Å². The molecule has 0 aliphatic carbocycles. The molecule has 0 aromatic carbocycles. The number of hydrogen-bond donors (Lipinski definition) is 1. The van der Waals surface area contributed by atoms with Crippen molar-refractivity contribution in [3.8, 4) is 0 Å². The summed E-state index contributed by atoms with van der Waals surface area (Å²) in [6.45, 7) is 5.20. The van der Waals surface area contributed by atoms with Crippen molar-refractivity contribution >= 4 is 0 Å². The van der Waals surface area contributed by atoms with Crippen molar-refractivity contribution < 1.29 is 5.11 Å². The zero-order valence-electron chi connectivity index (χ0n) is 3.44. The fraction of sp³-hybridized carbons (Fsp3) is 0.750. The van der Waals surface area contributed by atoms with Gasteiger partial charge in [0.15, 0.2) is 0 Å². The summed E-state index contributed by atoms with van der Waals surface area (Å²) in [7, 11) is 0. The minimum atomic E-state index is -0.366. The summed E-state index contributed by atoms with van der Waals surface area (Å²) in [5.41, 5.74) is 0. The predicted octanol–water partition coefficient (Wildman–Crippen LogP) is 0.591. The highest BCUT2D eigenvalue weighted by Gasteiger charge is 1.82. The predicted molar refractivity (Wildman–Crippen MR) is 21.7 cm³/mol. The second kappa shape index (κ2) is 2.21. The van der Waals surface area contributed by atoms with E-state index < -0.39 is 0 Å². The molecule has 0 aliphatic rings. The average molecular weight is 73.1 g/mol. The van der Waals surface area contributed by atoms with Crippen LogP contribution in [0.4, 0.5) is 0 Å². The largest absolute Gasteiger partial charge is 0.393 e. The Balaban J connectivity index is 2.54. The molecule has 31 valence electrons. The number of aliphatic hydroxyl groups is 1. The highest BCUT2D eigenvalue weighted by Crippen LogP contribution is 1.80. The second-order valence-corrected chi connectivity index (χ2v) is 1.06. The van der Waals surface area contributed by atoms with Crippen LogP contribution in [0.15, 0.2) is 0 Å². The average Bonchev–Trinajstić information content (AvgIpc) is 1.38. The molecule has 0 heterocycles. The van der Waals surface area contributed by atoms with Crippen molar-refractivity contribution in [3.63, 3.8) is 0 Å². The van der Waals surface area contributed by atoms with Crippen LogP contribution < -0.4 is 0 Å². The van der Waals surface area contributed by atoms with Gasteiger partial charge in [-0.1, -0.05) is 6.92 Å². The molecule has 1 N–H and O–H groups in total. The molecule has 1 unspecified atom stereocenters. The second-order valence-electron chi connectivity index (χ2n) is 1.06.